The van der Waals surface area contributed by atoms with Crippen LogP contribution in [-0.2, 0) is 6.54 Å². The maximum absolute atomic E-state index is 12.9. The van der Waals surface area contributed by atoms with E-state index in [1.807, 2.05) is 15.8 Å². The summed E-state index contributed by atoms with van der Waals surface area (Å²) in [5, 5.41) is 11.8. The minimum absolute atomic E-state index is 0.000322. The van der Waals surface area contributed by atoms with Crippen molar-refractivity contribution in [1.29, 1.82) is 0 Å². The first-order chi connectivity index (χ1) is 13.7. The highest BCUT2D eigenvalue weighted by Gasteiger charge is 2.23. The Kier molecular flexibility index (Phi) is 5.90. The quantitative estimate of drug-likeness (QED) is 0.875. The highest BCUT2D eigenvalue weighted by molar-refractivity contribution is 5.92. The molecule has 2 fully saturated rings. The zero-order valence-electron chi connectivity index (χ0n) is 16.7. The topological polar surface area (TPSA) is 66.3 Å². The first-order valence-corrected chi connectivity index (χ1v) is 10.4. The molecule has 1 amide bonds. The van der Waals surface area contributed by atoms with E-state index in [1.165, 1.54) is 24.1 Å². The number of nitrogens with one attached hydrogen (secondary N) is 1. The van der Waals surface area contributed by atoms with Crippen molar-refractivity contribution in [3.63, 3.8) is 0 Å². The average molecular weight is 383 g/mol. The summed E-state index contributed by atoms with van der Waals surface area (Å²) in [4.78, 5) is 17.3. The Morgan fingerprint density at radius 1 is 1.18 bits per heavy atom. The van der Waals surface area contributed by atoms with Crippen LogP contribution in [0.15, 0.2) is 30.5 Å². The fourth-order valence-corrected chi connectivity index (χ4v) is 4.27. The van der Waals surface area contributed by atoms with Crippen molar-refractivity contribution in [2.75, 3.05) is 44.2 Å². The molecule has 2 aromatic rings. The minimum Gasteiger partial charge on any atom is -0.369 e. The molecule has 150 valence electrons. The third-order valence-electron chi connectivity index (χ3n) is 5.84. The lowest BCUT2D eigenvalue weighted by Crippen LogP contribution is -2.35. The van der Waals surface area contributed by atoms with Crippen LogP contribution in [0.1, 0.15) is 35.3 Å². The van der Waals surface area contributed by atoms with Gasteiger partial charge < -0.3 is 15.1 Å². The lowest BCUT2D eigenvalue weighted by atomic mass is 10.00. The first kappa shape index (κ1) is 18.9. The van der Waals surface area contributed by atoms with E-state index in [1.54, 1.807) is 0 Å². The van der Waals surface area contributed by atoms with Gasteiger partial charge in [-0.25, -0.2) is 0 Å². The minimum atomic E-state index is -0.000322. The van der Waals surface area contributed by atoms with Crippen LogP contribution in [0.3, 0.4) is 0 Å². The van der Waals surface area contributed by atoms with Crippen LogP contribution in [-0.4, -0.2) is 65.1 Å². The Balaban J connectivity index is 1.36. The molecule has 0 saturated carbocycles. The Bertz CT molecular complexity index is 798. The van der Waals surface area contributed by atoms with Gasteiger partial charge in [-0.1, -0.05) is 23.4 Å². The molecule has 1 N–H and O–H groups in total. The van der Waals surface area contributed by atoms with Crippen LogP contribution >= 0.6 is 0 Å². The van der Waals surface area contributed by atoms with Gasteiger partial charge in [-0.05, 0) is 56.8 Å². The smallest absolute Gasteiger partial charge is 0.276 e. The van der Waals surface area contributed by atoms with Crippen molar-refractivity contribution >= 4 is 11.6 Å². The summed E-state index contributed by atoms with van der Waals surface area (Å²) in [7, 11) is 0. The summed E-state index contributed by atoms with van der Waals surface area (Å²) in [5.74, 6) is 0.568. The summed E-state index contributed by atoms with van der Waals surface area (Å²) in [6.07, 6.45) is 5.19. The van der Waals surface area contributed by atoms with Gasteiger partial charge in [0, 0.05) is 38.4 Å². The molecule has 4 rings (SSSR count). The zero-order valence-corrected chi connectivity index (χ0v) is 16.7. The second-order valence-corrected chi connectivity index (χ2v) is 7.96. The molecule has 2 saturated heterocycles. The predicted molar refractivity (Wildman–Crippen MR) is 110 cm³/mol. The van der Waals surface area contributed by atoms with Crippen LogP contribution in [0.2, 0.25) is 0 Å². The van der Waals surface area contributed by atoms with Gasteiger partial charge >= 0.3 is 0 Å². The molecule has 0 bridgehead atoms. The Morgan fingerprint density at radius 2 is 2.07 bits per heavy atom. The third kappa shape index (κ3) is 4.35. The van der Waals surface area contributed by atoms with E-state index in [4.69, 9.17) is 0 Å². The largest absolute Gasteiger partial charge is 0.369 e. The van der Waals surface area contributed by atoms with E-state index in [0.29, 0.717) is 18.2 Å². The Labute approximate surface area is 166 Å². The van der Waals surface area contributed by atoms with Crippen LogP contribution in [0.5, 0.6) is 0 Å². The summed E-state index contributed by atoms with van der Waals surface area (Å²) < 4.78 is 1.84. The molecule has 1 atom stereocenters. The second kappa shape index (κ2) is 8.73. The number of carbonyl (C=O) groups excluding carboxylic acids is 1. The molecular formula is C21H30N6O. The zero-order chi connectivity index (χ0) is 19.3. The van der Waals surface area contributed by atoms with Crippen molar-refractivity contribution in [3.8, 4) is 0 Å². The molecule has 0 unspecified atom stereocenters. The molecule has 0 radical (unpaired) electrons. The average Bonchev–Trinajstić information content (AvgIpc) is 3.04. The third-order valence-corrected chi connectivity index (χ3v) is 5.84. The van der Waals surface area contributed by atoms with Crippen LogP contribution in [0, 0.1) is 12.8 Å². The van der Waals surface area contributed by atoms with E-state index >= 15 is 0 Å². The van der Waals surface area contributed by atoms with Crippen LogP contribution < -0.4 is 10.2 Å². The molecular weight excluding hydrogens is 352 g/mol. The SMILES string of the molecule is Cc1ccccc1N1CCCN(C(=O)c2cn(C[C@@H]3CCCNC3)nn2)CC1. The van der Waals surface area contributed by atoms with Crippen LogP contribution in [0.25, 0.3) is 0 Å². The number of hydrogen-bond acceptors (Lipinski definition) is 5. The molecule has 2 aliphatic heterocycles. The van der Waals surface area contributed by atoms with Crippen molar-refractivity contribution in [1.82, 2.24) is 25.2 Å². The van der Waals surface area contributed by atoms with E-state index in [9.17, 15) is 4.79 Å². The summed E-state index contributed by atoms with van der Waals surface area (Å²) in [6.45, 7) is 8.38. The van der Waals surface area contributed by atoms with Gasteiger partial charge in [-0.3, -0.25) is 9.48 Å². The van der Waals surface area contributed by atoms with Gasteiger partial charge in [0.25, 0.3) is 5.91 Å². The predicted octanol–water partition coefficient (Wildman–Crippen LogP) is 1.94. The highest BCUT2D eigenvalue weighted by Crippen LogP contribution is 2.21. The van der Waals surface area contributed by atoms with Gasteiger partial charge in [0.1, 0.15) is 0 Å². The van der Waals surface area contributed by atoms with Crippen molar-refractivity contribution < 1.29 is 4.79 Å². The maximum atomic E-state index is 12.9. The van der Waals surface area contributed by atoms with Crippen molar-refractivity contribution in [2.24, 2.45) is 5.92 Å². The molecule has 7 nitrogen and oxygen atoms in total. The van der Waals surface area contributed by atoms with E-state index in [0.717, 1.165) is 45.7 Å². The van der Waals surface area contributed by atoms with E-state index in [2.05, 4.69) is 51.7 Å². The molecule has 2 aliphatic rings. The molecule has 7 heteroatoms. The summed E-state index contributed by atoms with van der Waals surface area (Å²) in [5.41, 5.74) is 3.01. The fourth-order valence-electron chi connectivity index (χ4n) is 4.27. The Hall–Kier alpha value is -2.41. The maximum Gasteiger partial charge on any atom is 0.276 e. The lowest BCUT2D eigenvalue weighted by Gasteiger charge is -2.25. The van der Waals surface area contributed by atoms with Crippen molar-refractivity contribution in [2.45, 2.75) is 32.7 Å². The molecule has 1 aromatic heterocycles. The number of amides is 1. The number of anilines is 1. The summed E-state index contributed by atoms with van der Waals surface area (Å²) in [6, 6.07) is 8.46. The number of nitrogens with zero attached hydrogens (tertiary/aromatic N) is 5. The van der Waals surface area contributed by atoms with Crippen LogP contribution in [0.4, 0.5) is 5.69 Å². The number of aryl methyl sites for hydroxylation is 1. The monoisotopic (exact) mass is 382 g/mol. The lowest BCUT2D eigenvalue weighted by molar-refractivity contribution is 0.0761. The van der Waals surface area contributed by atoms with E-state index in [-0.39, 0.29) is 5.91 Å². The number of rotatable bonds is 4. The summed E-state index contributed by atoms with van der Waals surface area (Å²) >= 11 is 0. The van der Waals surface area contributed by atoms with Gasteiger partial charge in [-0.2, -0.15) is 0 Å². The van der Waals surface area contributed by atoms with Gasteiger partial charge in [0.2, 0.25) is 0 Å². The number of benzene rings is 1. The van der Waals surface area contributed by atoms with Crippen molar-refractivity contribution in [3.05, 3.63) is 41.7 Å². The number of para-hydroxylation sites is 1. The number of carbonyl (C=O) groups is 1. The standard InChI is InChI=1S/C21H30N6O/c1-17-6-2-3-8-20(17)25-10-5-11-26(13-12-25)21(28)19-16-27(24-23-19)15-18-7-4-9-22-14-18/h2-3,6,8,16,18,22H,4-5,7,9-15H2,1H3/t18-/m1/s1. The number of aromatic nitrogens is 3. The highest BCUT2D eigenvalue weighted by atomic mass is 16.2. The first-order valence-electron chi connectivity index (χ1n) is 10.4. The van der Waals surface area contributed by atoms with Gasteiger partial charge in [0.15, 0.2) is 5.69 Å². The second-order valence-electron chi connectivity index (χ2n) is 7.96. The molecule has 3 heterocycles. The molecule has 0 aliphatic carbocycles. The molecule has 0 spiro atoms. The normalized spacial score (nSPS) is 20.8. The Morgan fingerprint density at radius 3 is 2.89 bits per heavy atom. The van der Waals surface area contributed by atoms with Gasteiger partial charge in [0.05, 0.1) is 6.20 Å². The van der Waals surface area contributed by atoms with E-state index < -0.39 is 0 Å². The van der Waals surface area contributed by atoms with Gasteiger partial charge in [-0.15, -0.1) is 5.10 Å². The molecule has 1 aromatic carbocycles. The fraction of sp³-hybridized carbons (Fsp3) is 0.571. The number of piperidine rings is 1. The number of hydrogen-bond donors (Lipinski definition) is 1. The molecule has 28 heavy (non-hydrogen) atoms.